The second-order valence-electron chi connectivity index (χ2n) is 6.16. The molecule has 9 nitrogen and oxygen atoms in total. The number of nitrogens with zero attached hydrogens (tertiary/aromatic N) is 3. The van der Waals surface area contributed by atoms with E-state index in [0.29, 0.717) is 29.3 Å². The number of ether oxygens (including phenoxy) is 2. The van der Waals surface area contributed by atoms with Gasteiger partial charge in [-0.25, -0.2) is 0 Å². The molecule has 1 aromatic heterocycles. The lowest BCUT2D eigenvalue weighted by atomic mass is 10.2. The topological polar surface area (TPSA) is 109 Å². The van der Waals surface area contributed by atoms with Crippen LogP contribution in [0.25, 0.3) is 0 Å². The number of aryl methyl sites for hydroxylation is 1. The van der Waals surface area contributed by atoms with Crippen molar-refractivity contribution >= 4 is 17.3 Å². The molecule has 0 atom stereocenters. The van der Waals surface area contributed by atoms with Gasteiger partial charge in [0.05, 0.1) is 35.5 Å². The zero-order valence-corrected chi connectivity index (χ0v) is 16.2. The van der Waals surface area contributed by atoms with Gasteiger partial charge in [-0.1, -0.05) is 0 Å². The van der Waals surface area contributed by atoms with E-state index in [-0.39, 0.29) is 17.1 Å². The smallest absolute Gasteiger partial charge is 0.275 e. The number of nitrogens with one attached hydrogen (secondary N) is 1. The van der Waals surface area contributed by atoms with Gasteiger partial charge in [0.25, 0.3) is 11.6 Å². The Hall–Kier alpha value is -3.88. The van der Waals surface area contributed by atoms with Gasteiger partial charge >= 0.3 is 0 Å². The van der Waals surface area contributed by atoms with Crippen LogP contribution in [0.5, 0.6) is 17.2 Å². The number of nitro groups is 1. The van der Waals surface area contributed by atoms with Crippen LogP contribution >= 0.6 is 0 Å². The summed E-state index contributed by atoms with van der Waals surface area (Å²) in [6.45, 7) is 4.35. The molecule has 1 N–H and O–H groups in total. The van der Waals surface area contributed by atoms with Gasteiger partial charge in [-0.2, -0.15) is 5.10 Å². The molecule has 0 aliphatic heterocycles. The number of anilines is 1. The van der Waals surface area contributed by atoms with Crippen molar-refractivity contribution in [1.82, 2.24) is 9.78 Å². The molecular formula is C20H20N4O5. The highest BCUT2D eigenvalue weighted by Crippen LogP contribution is 2.30. The van der Waals surface area contributed by atoms with Crippen LogP contribution in [0, 0.1) is 17.0 Å². The molecule has 3 aromatic rings. The van der Waals surface area contributed by atoms with E-state index in [1.54, 1.807) is 43.0 Å². The Morgan fingerprint density at radius 2 is 1.86 bits per heavy atom. The number of rotatable bonds is 7. The van der Waals surface area contributed by atoms with Gasteiger partial charge in [-0.15, -0.1) is 0 Å². The lowest BCUT2D eigenvalue weighted by Crippen LogP contribution is -2.13. The predicted molar refractivity (Wildman–Crippen MR) is 107 cm³/mol. The summed E-state index contributed by atoms with van der Waals surface area (Å²) in [6, 6.07) is 10.9. The van der Waals surface area contributed by atoms with E-state index in [4.69, 9.17) is 9.47 Å². The van der Waals surface area contributed by atoms with Crippen molar-refractivity contribution in [2.24, 2.45) is 0 Å². The van der Waals surface area contributed by atoms with E-state index in [0.717, 1.165) is 0 Å². The van der Waals surface area contributed by atoms with E-state index >= 15 is 0 Å². The van der Waals surface area contributed by atoms with Gasteiger partial charge < -0.3 is 14.8 Å². The Labute approximate surface area is 167 Å². The summed E-state index contributed by atoms with van der Waals surface area (Å²) in [7, 11) is 1.55. The minimum absolute atomic E-state index is 0.202. The molecule has 1 heterocycles. The average Bonchev–Trinajstić information content (AvgIpc) is 3.09. The molecule has 0 saturated heterocycles. The van der Waals surface area contributed by atoms with Crippen molar-refractivity contribution in [2.45, 2.75) is 20.4 Å². The number of hydrogen-bond acceptors (Lipinski definition) is 6. The first-order valence-electron chi connectivity index (χ1n) is 8.86. The number of non-ortho nitro benzene ring substituents is 1. The number of hydrogen-bond donors (Lipinski definition) is 1. The average molecular weight is 396 g/mol. The normalized spacial score (nSPS) is 10.4. The SMILES string of the molecule is CCn1ncc(C(=O)Nc2cc(Oc3ccc(OC)cc3)cc([N+](=O)[O-])c2)c1C. The van der Waals surface area contributed by atoms with Crippen molar-refractivity contribution in [1.29, 1.82) is 0 Å². The van der Waals surface area contributed by atoms with Crippen LogP contribution in [-0.4, -0.2) is 27.7 Å². The molecule has 0 aliphatic rings. The molecule has 0 spiro atoms. The number of benzene rings is 2. The van der Waals surface area contributed by atoms with E-state index in [9.17, 15) is 14.9 Å². The zero-order chi connectivity index (χ0) is 21.0. The largest absolute Gasteiger partial charge is 0.497 e. The molecule has 2 aromatic carbocycles. The predicted octanol–water partition coefficient (Wildman–Crippen LogP) is 4.17. The number of nitro benzene ring substituents is 1. The molecular weight excluding hydrogens is 376 g/mol. The Morgan fingerprint density at radius 3 is 2.45 bits per heavy atom. The van der Waals surface area contributed by atoms with Gasteiger partial charge in [-0.05, 0) is 38.1 Å². The van der Waals surface area contributed by atoms with Crippen molar-refractivity contribution in [3.8, 4) is 17.2 Å². The second kappa shape index (κ2) is 8.42. The first-order valence-corrected chi connectivity index (χ1v) is 8.86. The lowest BCUT2D eigenvalue weighted by molar-refractivity contribution is -0.384. The molecule has 0 aliphatic carbocycles. The quantitative estimate of drug-likeness (QED) is 0.474. The lowest BCUT2D eigenvalue weighted by Gasteiger charge is -2.10. The summed E-state index contributed by atoms with van der Waals surface area (Å²) in [5.74, 6) is 0.953. The summed E-state index contributed by atoms with van der Waals surface area (Å²) in [5, 5.41) is 18.1. The maximum Gasteiger partial charge on any atom is 0.275 e. The van der Waals surface area contributed by atoms with Crippen molar-refractivity contribution in [2.75, 3.05) is 12.4 Å². The van der Waals surface area contributed by atoms with E-state index in [1.165, 1.54) is 24.4 Å². The van der Waals surface area contributed by atoms with Crippen LogP contribution in [0.4, 0.5) is 11.4 Å². The van der Waals surface area contributed by atoms with Gasteiger partial charge in [0.2, 0.25) is 0 Å². The highest BCUT2D eigenvalue weighted by atomic mass is 16.6. The third-order valence-corrected chi connectivity index (χ3v) is 4.30. The molecule has 0 radical (unpaired) electrons. The fourth-order valence-electron chi connectivity index (χ4n) is 2.79. The maximum absolute atomic E-state index is 12.6. The van der Waals surface area contributed by atoms with Gasteiger partial charge in [0, 0.05) is 24.4 Å². The number of aromatic nitrogens is 2. The molecule has 1 amide bonds. The molecule has 0 bridgehead atoms. The van der Waals surface area contributed by atoms with E-state index < -0.39 is 10.8 Å². The first kappa shape index (κ1) is 19.9. The number of carbonyl (C=O) groups excluding carboxylic acids is 1. The number of methoxy groups -OCH3 is 1. The van der Waals surface area contributed by atoms with Crippen molar-refractivity contribution in [3.05, 3.63) is 70.0 Å². The standard InChI is InChI=1S/C20H20N4O5/c1-4-23-13(2)19(12-21-23)20(25)22-14-9-15(24(26)27)11-18(10-14)29-17-7-5-16(28-3)6-8-17/h5-12H,4H2,1-3H3,(H,22,25). The third-order valence-electron chi connectivity index (χ3n) is 4.30. The molecule has 9 heteroatoms. The third kappa shape index (κ3) is 4.52. The first-order chi connectivity index (χ1) is 13.9. The Bertz CT molecular complexity index is 1040. The van der Waals surface area contributed by atoms with Gasteiger partial charge in [0.15, 0.2) is 0 Å². The molecule has 0 fully saturated rings. The zero-order valence-electron chi connectivity index (χ0n) is 16.2. The summed E-state index contributed by atoms with van der Waals surface area (Å²) in [5.41, 5.74) is 1.16. The summed E-state index contributed by atoms with van der Waals surface area (Å²) in [6.07, 6.45) is 1.47. The fourth-order valence-corrected chi connectivity index (χ4v) is 2.79. The van der Waals surface area contributed by atoms with E-state index in [2.05, 4.69) is 10.4 Å². The second-order valence-corrected chi connectivity index (χ2v) is 6.16. The number of amides is 1. The van der Waals surface area contributed by atoms with Crippen LogP contribution in [0.3, 0.4) is 0 Å². The van der Waals surface area contributed by atoms with Crippen molar-refractivity contribution in [3.63, 3.8) is 0 Å². The molecule has 150 valence electrons. The monoisotopic (exact) mass is 396 g/mol. The highest BCUT2D eigenvalue weighted by Gasteiger charge is 2.17. The van der Waals surface area contributed by atoms with Crippen LogP contribution in [-0.2, 0) is 6.54 Å². The number of carbonyl (C=O) groups is 1. The van der Waals surface area contributed by atoms with Crippen LogP contribution < -0.4 is 14.8 Å². The van der Waals surface area contributed by atoms with Crippen LogP contribution in [0.15, 0.2) is 48.7 Å². The van der Waals surface area contributed by atoms with Crippen molar-refractivity contribution < 1.29 is 19.2 Å². The summed E-state index contributed by atoms with van der Waals surface area (Å²) < 4.78 is 12.5. The Balaban J connectivity index is 1.86. The molecule has 0 unspecified atom stereocenters. The van der Waals surface area contributed by atoms with Gasteiger partial charge in [-0.3, -0.25) is 19.6 Å². The highest BCUT2D eigenvalue weighted by molar-refractivity contribution is 6.05. The molecule has 3 rings (SSSR count). The minimum atomic E-state index is -0.545. The summed E-state index contributed by atoms with van der Waals surface area (Å²) >= 11 is 0. The molecule has 29 heavy (non-hydrogen) atoms. The van der Waals surface area contributed by atoms with Gasteiger partial charge in [0.1, 0.15) is 17.2 Å². The fraction of sp³-hybridized carbons (Fsp3) is 0.200. The minimum Gasteiger partial charge on any atom is -0.497 e. The summed E-state index contributed by atoms with van der Waals surface area (Å²) in [4.78, 5) is 23.4. The van der Waals surface area contributed by atoms with Crippen LogP contribution in [0.1, 0.15) is 23.0 Å². The Morgan fingerprint density at radius 1 is 1.17 bits per heavy atom. The molecule has 0 saturated carbocycles. The Kier molecular flexibility index (Phi) is 5.77. The maximum atomic E-state index is 12.6. The van der Waals surface area contributed by atoms with E-state index in [1.807, 2.05) is 6.92 Å². The van der Waals surface area contributed by atoms with Crippen LogP contribution in [0.2, 0.25) is 0 Å².